The Morgan fingerprint density at radius 1 is 1.46 bits per heavy atom. The molecule has 1 unspecified atom stereocenters. The minimum Gasteiger partial charge on any atom is -0.350 e. The Morgan fingerprint density at radius 3 is 2.69 bits per heavy atom. The average molecular weight is 178 g/mol. The van der Waals surface area contributed by atoms with E-state index in [0.717, 1.165) is 5.92 Å². The van der Waals surface area contributed by atoms with Gasteiger partial charge in [-0.05, 0) is 24.8 Å². The summed E-state index contributed by atoms with van der Waals surface area (Å²) in [4.78, 5) is 8.20. The summed E-state index contributed by atoms with van der Waals surface area (Å²) in [5.41, 5.74) is 5.64. The van der Waals surface area contributed by atoms with Gasteiger partial charge in [0.05, 0.1) is 0 Å². The van der Waals surface area contributed by atoms with E-state index < -0.39 is 0 Å². The molecule has 0 saturated heterocycles. The van der Waals surface area contributed by atoms with Gasteiger partial charge in [0.1, 0.15) is 0 Å². The Kier molecular flexibility index (Phi) is 2.40. The lowest BCUT2D eigenvalue weighted by Crippen LogP contribution is -2.31. The SMILES string of the molecule is NCC(Nc1ncccn1)C1CC1. The van der Waals surface area contributed by atoms with Gasteiger partial charge in [-0.2, -0.15) is 0 Å². The molecule has 1 aromatic heterocycles. The Morgan fingerprint density at radius 2 is 2.15 bits per heavy atom. The Hall–Kier alpha value is -1.16. The van der Waals surface area contributed by atoms with Gasteiger partial charge in [0.2, 0.25) is 5.95 Å². The number of hydrogen-bond donors (Lipinski definition) is 2. The summed E-state index contributed by atoms with van der Waals surface area (Å²) in [6.45, 7) is 0.656. The molecule has 2 rings (SSSR count). The van der Waals surface area contributed by atoms with Crippen LogP contribution in [0.5, 0.6) is 0 Å². The number of nitrogens with zero attached hydrogens (tertiary/aromatic N) is 2. The maximum atomic E-state index is 5.64. The minimum absolute atomic E-state index is 0.349. The van der Waals surface area contributed by atoms with E-state index in [9.17, 15) is 0 Å². The molecule has 1 saturated carbocycles. The molecule has 4 nitrogen and oxygen atoms in total. The van der Waals surface area contributed by atoms with Crippen molar-refractivity contribution in [1.82, 2.24) is 9.97 Å². The van der Waals surface area contributed by atoms with Crippen molar-refractivity contribution in [1.29, 1.82) is 0 Å². The van der Waals surface area contributed by atoms with Crippen molar-refractivity contribution in [3.8, 4) is 0 Å². The van der Waals surface area contributed by atoms with Gasteiger partial charge in [-0.15, -0.1) is 0 Å². The van der Waals surface area contributed by atoms with Crippen LogP contribution in [0.3, 0.4) is 0 Å². The van der Waals surface area contributed by atoms with Gasteiger partial charge < -0.3 is 11.1 Å². The van der Waals surface area contributed by atoms with E-state index in [1.165, 1.54) is 12.8 Å². The van der Waals surface area contributed by atoms with Crippen molar-refractivity contribution in [2.24, 2.45) is 11.7 Å². The van der Waals surface area contributed by atoms with E-state index in [4.69, 9.17) is 5.73 Å². The summed E-state index contributed by atoms with van der Waals surface area (Å²) in [6.07, 6.45) is 6.02. The predicted octanol–water partition coefficient (Wildman–Crippen LogP) is 0.626. The van der Waals surface area contributed by atoms with Gasteiger partial charge in [-0.25, -0.2) is 9.97 Å². The Balaban J connectivity index is 1.95. The van der Waals surface area contributed by atoms with Crippen molar-refractivity contribution in [3.63, 3.8) is 0 Å². The molecule has 70 valence electrons. The zero-order valence-corrected chi connectivity index (χ0v) is 7.48. The maximum absolute atomic E-state index is 5.64. The summed E-state index contributed by atoms with van der Waals surface area (Å²) in [5.74, 6) is 1.42. The lowest BCUT2D eigenvalue weighted by molar-refractivity contribution is 0.639. The van der Waals surface area contributed by atoms with Crippen LogP contribution in [0.2, 0.25) is 0 Å². The molecule has 0 amide bonds. The highest BCUT2D eigenvalue weighted by Gasteiger charge is 2.30. The second-order valence-electron chi connectivity index (χ2n) is 3.40. The smallest absolute Gasteiger partial charge is 0.222 e. The molecular weight excluding hydrogens is 164 g/mol. The first-order chi connectivity index (χ1) is 6.40. The zero-order valence-electron chi connectivity index (χ0n) is 7.48. The molecule has 13 heavy (non-hydrogen) atoms. The van der Waals surface area contributed by atoms with Crippen molar-refractivity contribution >= 4 is 5.95 Å². The molecule has 0 radical (unpaired) electrons. The molecule has 1 aromatic rings. The van der Waals surface area contributed by atoms with Gasteiger partial charge in [-0.3, -0.25) is 0 Å². The van der Waals surface area contributed by atoms with Crippen molar-refractivity contribution < 1.29 is 0 Å². The highest BCUT2D eigenvalue weighted by molar-refractivity contribution is 5.25. The lowest BCUT2D eigenvalue weighted by atomic mass is 10.2. The summed E-state index contributed by atoms with van der Waals surface area (Å²) in [7, 11) is 0. The second-order valence-corrected chi connectivity index (χ2v) is 3.40. The monoisotopic (exact) mass is 178 g/mol. The highest BCUT2D eigenvalue weighted by Crippen LogP contribution is 2.33. The first kappa shape index (κ1) is 8.44. The van der Waals surface area contributed by atoms with Crippen LogP contribution in [0, 0.1) is 5.92 Å². The van der Waals surface area contributed by atoms with Crippen LogP contribution in [0.4, 0.5) is 5.95 Å². The summed E-state index contributed by atoms with van der Waals surface area (Å²) >= 11 is 0. The average Bonchev–Trinajstić information content (AvgIpc) is 2.99. The van der Waals surface area contributed by atoms with Crippen LogP contribution < -0.4 is 11.1 Å². The molecule has 1 aliphatic rings. The summed E-state index contributed by atoms with van der Waals surface area (Å²) in [5, 5.41) is 3.24. The molecule has 0 aromatic carbocycles. The quantitative estimate of drug-likeness (QED) is 0.709. The van der Waals surface area contributed by atoms with E-state index in [1.807, 2.05) is 0 Å². The highest BCUT2D eigenvalue weighted by atomic mass is 15.1. The van der Waals surface area contributed by atoms with Gasteiger partial charge in [-0.1, -0.05) is 0 Å². The topological polar surface area (TPSA) is 63.8 Å². The van der Waals surface area contributed by atoms with Crippen LogP contribution in [0.25, 0.3) is 0 Å². The normalized spacial score (nSPS) is 18.2. The number of nitrogens with two attached hydrogens (primary N) is 1. The van der Waals surface area contributed by atoms with E-state index >= 15 is 0 Å². The van der Waals surface area contributed by atoms with E-state index in [-0.39, 0.29) is 0 Å². The lowest BCUT2D eigenvalue weighted by Gasteiger charge is -2.15. The molecule has 1 heterocycles. The van der Waals surface area contributed by atoms with Gasteiger partial charge in [0, 0.05) is 25.0 Å². The maximum Gasteiger partial charge on any atom is 0.222 e. The third-order valence-corrected chi connectivity index (χ3v) is 2.33. The second kappa shape index (κ2) is 3.70. The van der Waals surface area contributed by atoms with Crippen LogP contribution in [-0.4, -0.2) is 22.6 Å². The summed E-state index contributed by atoms with van der Waals surface area (Å²) < 4.78 is 0. The number of anilines is 1. The number of hydrogen-bond acceptors (Lipinski definition) is 4. The predicted molar refractivity (Wildman–Crippen MR) is 51.2 cm³/mol. The number of rotatable bonds is 4. The number of nitrogens with one attached hydrogen (secondary N) is 1. The molecule has 1 aliphatic carbocycles. The molecule has 0 bridgehead atoms. The molecule has 3 N–H and O–H groups in total. The first-order valence-corrected chi connectivity index (χ1v) is 4.64. The van der Waals surface area contributed by atoms with Crippen molar-refractivity contribution in [2.45, 2.75) is 18.9 Å². The third kappa shape index (κ3) is 2.15. The fourth-order valence-corrected chi connectivity index (χ4v) is 1.41. The molecule has 4 heteroatoms. The standard InChI is InChI=1S/C9H14N4/c10-6-8(7-2-3-7)13-9-11-4-1-5-12-9/h1,4-5,7-8H,2-3,6,10H2,(H,11,12,13). The Bertz CT molecular complexity index is 258. The third-order valence-electron chi connectivity index (χ3n) is 2.33. The fraction of sp³-hybridized carbons (Fsp3) is 0.556. The van der Waals surface area contributed by atoms with E-state index in [1.54, 1.807) is 18.5 Å². The van der Waals surface area contributed by atoms with Crippen LogP contribution in [-0.2, 0) is 0 Å². The molecule has 1 atom stereocenters. The van der Waals surface area contributed by atoms with Crippen molar-refractivity contribution in [3.05, 3.63) is 18.5 Å². The zero-order chi connectivity index (χ0) is 9.10. The largest absolute Gasteiger partial charge is 0.350 e. The van der Waals surface area contributed by atoms with Crippen LogP contribution in [0.1, 0.15) is 12.8 Å². The fourth-order valence-electron chi connectivity index (χ4n) is 1.41. The first-order valence-electron chi connectivity index (χ1n) is 4.64. The number of aromatic nitrogens is 2. The van der Waals surface area contributed by atoms with Crippen LogP contribution >= 0.6 is 0 Å². The van der Waals surface area contributed by atoms with Crippen molar-refractivity contribution in [2.75, 3.05) is 11.9 Å². The van der Waals surface area contributed by atoms with Crippen LogP contribution in [0.15, 0.2) is 18.5 Å². The van der Waals surface area contributed by atoms with E-state index in [2.05, 4.69) is 15.3 Å². The van der Waals surface area contributed by atoms with E-state index in [0.29, 0.717) is 18.5 Å². The molecule has 0 spiro atoms. The molecule has 0 aliphatic heterocycles. The minimum atomic E-state index is 0.349. The van der Waals surface area contributed by atoms with Gasteiger partial charge >= 0.3 is 0 Å². The molecular formula is C9H14N4. The summed E-state index contributed by atoms with van der Waals surface area (Å²) in [6, 6.07) is 2.15. The Labute approximate surface area is 77.6 Å². The molecule has 1 fully saturated rings. The van der Waals surface area contributed by atoms with Gasteiger partial charge in [0.15, 0.2) is 0 Å². The van der Waals surface area contributed by atoms with Gasteiger partial charge in [0.25, 0.3) is 0 Å².